The second kappa shape index (κ2) is 7.19. The van der Waals surface area contributed by atoms with Crippen LogP contribution in [0.15, 0.2) is 97.1 Å². The maximum absolute atomic E-state index is 11.8. The van der Waals surface area contributed by atoms with Crippen molar-refractivity contribution in [2.75, 3.05) is 5.32 Å². The minimum atomic E-state index is -0.882. The summed E-state index contributed by atoms with van der Waals surface area (Å²) in [6.07, 6.45) is 0.965. The lowest BCUT2D eigenvalue weighted by atomic mass is 9.73. The Morgan fingerprint density at radius 2 is 1.44 bits per heavy atom. The van der Waals surface area contributed by atoms with E-state index in [1.54, 1.807) is 6.07 Å². The van der Waals surface area contributed by atoms with E-state index in [2.05, 4.69) is 84.2 Å². The van der Waals surface area contributed by atoms with Gasteiger partial charge in [-0.1, -0.05) is 72.8 Å². The van der Waals surface area contributed by atoms with E-state index >= 15 is 0 Å². The van der Waals surface area contributed by atoms with Crippen LogP contribution in [0.25, 0.3) is 21.5 Å². The van der Waals surface area contributed by atoms with Crippen molar-refractivity contribution >= 4 is 33.2 Å². The highest BCUT2D eigenvalue weighted by atomic mass is 16.4. The van der Waals surface area contributed by atoms with Crippen LogP contribution in [0.1, 0.15) is 44.6 Å². The van der Waals surface area contributed by atoms with E-state index in [9.17, 15) is 9.90 Å². The highest BCUT2D eigenvalue weighted by Crippen LogP contribution is 2.55. The molecule has 0 amide bonds. The third-order valence-electron chi connectivity index (χ3n) is 7.77. The molecule has 0 saturated heterocycles. The Morgan fingerprint density at radius 1 is 0.765 bits per heavy atom. The van der Waals surface area contributed by atoms with Crippen LogP contribution in [0, 0.1) is 5.92 Å². The van der Waals surface area contributed by atoms with Crippen LogP contribution in [-0.4, -0.2) is 11.1 Å². The Morgan fingerprint density at radius 3 is 2.18 bits per heavy atom. The number of hydrogen-bond donors (Lipinski definition) is 2. The zero-order valence-electron chi connectivity index (χ0n) is 18.5. The molecule has 5 aromatic rings. The summed E-state index contributed by atoms with van der Waals surface area (Å²) < 4.78 is 0. The van der Waals surface area contributed by atoms with Crippen LogP contribution in [0.4, 0.5) is 5.69 Å². The fourth-order valence-corrected chi connectivity index (χ4v) is 6.36. The van der Waals surface area contributed by atoms with Gasteiger partial charge in [-0.25, -0.2) is 4.79 Å². The summed E-state index contributed by atoms with van der Waals surface area (Å²) in [5, 5.41) is 18.6. The summed E-state index contributed by atoms with van der Waals surface area (Å²) >= 11 is 0. The lowest BCUT2D eigenvalue weighted by Gasteiger charge is -2.39. The lowest BCUT2D eigenvalue weighted by Crippen LogP contribution is -2.31. The Balaban J connectivity index is 1.52. The van der Waals surface area contributed by atoms with Gasteiger partial charge < -0.3 is 10.4 Å². The summed E-state index contributed by atoms with van der Waals surface area (Å²) in [6, 6.07) is 33.9. The lowest BCUT2D eigenvalue weighted by molar-refractivity contribution is 0.0696. The first-order valence-corrected chi connectivity index (χ1v) is 11.8. The topological polar surface area (TPSA) is 49.3 Å². The van der Waals surface area contributed by atoms with Crippen molar-refractivity contribution in [1.29, 1.82) is 0 Å². The van der Waals surface area contributed by atoms with Crippen LogP contribution >= 0.6 is 0 Å². The molecule has 0 bridgehead atoms. The van der Waals surface area contributed by atoms with Crippen LogP contribution < -0.4 is 5.32 Å². The average Bonchev–Trinajstić information content (AvgIpc) is 3.26. The van der Waals surface area contributed by atoms with E-state index < -0.39 is 5.97 Å². The monoisotopic (exact) mass is 441 g/mol. The molecule has 2 N–H and O–H groups in total. The second-order valence-electron chi connectivity index (χ2n) is 9.51. The Kier molecular flexibility index (Phi) is 4.10. The second-order valence-corrected chi connectivity index (χ2v) is 9.51. The first-order valence-electron chi connectivity index (χ1n) is 11.8. The van der Waals surface area contributed by atoms with Gasteiger partial charge in [-0.15, -0.1) is 0 Å². The minimum Gasteiger partial charge on any atom is -0.478 e. The van der Waals surface area contributed by atoms with Crippen LogP contribution in [0.5, 0.6) is 0 Å². The molecule has 1 aliphatic heterocycles. The number of carbonyl (C=O) groups is 1. The fourth-order valence-electron chi connectivity index (χ4n) is 6.36. The van der Waals surface area contributed by atoms with Crippen LogP contribution in [0.3, 0.4) is 0 Å². The maximum Gasteiger partial charge on any atom is 0.335 e. The number of hydrogen-bond acceptors (Lipinski definition) is 2. The van der Waals surface area contributed by atoms with Crippen LogP contribution in [0.2, 0.25) is 0 Å². The fraction of sp³-hybridized carbons (Fsp3) is 0.129. The number of anilines is 1. The predicted molar refractivity (Wildman–Crippen MR) is 137 cm³/mol. The minimum absolute atomic E-state index is 0.108. The average molecular weight is 442 g/mol. The van der Waals surface area contributed by atoms with Gasteiger partial charge in [-0.05, 0) is 80.4 Å². The van der Waals surface area contributed by atoms with Gasteiger partial charge in [-0.3, -0.25) is 0 Å². The van der Waals surface area contributed by atoms with E-state index in [1.807, 2.05) is 12.1 Å². The van der Waals surface area contributed by atoms with Gasteiger partial charge in [0.25, 0.3) is 0 Å². The molecule has 3 heteroatoms. The van der Waals surface area contributed by atoms with Gasteiger partial charge in [0.05, 0.1) is 11.6 Å². The van der Waals surface area contributed by atoms with Crippen molar-refractivity contribution in [3.63, 3.8) is 0 Å². The Labute approximate surface area is 197 Å². The molecule has 2 aliphatic rings. The normalized spacial score (nSPS) is 20.4. The number of nitrogens with one attached hydrogen (secondary N) is 1. The number of carboxylic acid groups (broad SMARTS) is 1. The molecule has 34 heavy (non-hydrogen) atoms. The molecule has 0 saturated carbocycles. The van der Waals surface area contributed by atoms with Gasteiger partial charge in [-0.2, -0.15) is 0 Å². The summed E-state index contributed by atoms with van der Waals surface area (Å²) in [7, 11) is 0. The van der Waals surface area contributed by atoms with E-state index in [4.69, 9.17) is 0 Å². The molecule has 1 aliphatic carbocycles. The molecule has 0 fully saturated rings. The van der Waals surface area contributed by atoms with Crippen molar-refractivity contribution in [2.45, 2.75) is 18.4 Å². The molecule has 1 heterocycles. The SMILES string of the molecule is O=C(O)c1ccc2c(c1)[C@@H]1c3ccccc3C[C@H]1[C@@H](c1c3ccccc3cc3ccccc13)N2. The molecule has 3 nitrogen and oxygen atoms in total. The third kappa shape index (κ3) is 2.73. The van der Waals surface area contributed by atoms with Crippen molar-refractivity contribution in [2.24, 2.45) is 5.92 Å². The quantitative estimate of drug-likeness (QED) is 0.286. The number of carboxylic acids is 1. The largest absolute Gasteiger partial charge is 0.478 e. The van der Waals surface area contributed by atoms with Crippen LogP contribution in [-0.2, 0) is 6.42 Å². The van der Waals surface area contributed by atoms with Crippen molar-refractivity contribution in [3.8, 4) is 0 Å². The summed E-state index contributed by atoms with van der Waals surface area (Å²) in [5.41, 5.74) is 6.50. The third-order valence-corrected chi connectivity index (χ3v) is 7.77. The number of benzene rings is 5. The Bertz CT molecular complexity index is 1570. The highest BCUT2D eigenvalue weighted by molar-refractivity contribution is 6.03. The zero-order chi connectivity index (χ0) is 22.8. The molecular formula is C31H23NO2. The molecule has 0 spiro atoms. The van der Waals surface area contributed by atoms with Crippen molar-refractivity contribution in [1.82, 2.24) is 0 Å². The van der Waals surface area contributed by atoms with E-state index in [0.717, 1.165) is 17.7 Å². The van der Waals surface area contributed by atoms with Gasteiger partial charge in [0.2, 0.25) is 0 Å². The predicted octanol–water partition coefficient (Wildman–Crippen LogP) is 7.16. The molecule has 164 valence electrons. The summed E-state index contributed by atoms with van der Waals surface area (Å²) in [5.74, 6) is -0.426. The van der Waals surface area contributed by atoms with Gasteiger partial charge >= 0.3 is 5.97 Å². The van der Waals surface area contributed by atoms with Crippen molar-refractivity contribution < 1.29 is 9.90 Å². The highest BCUT2D eigenvalue weighted by Gasteiger charge is 2.44. The first-order chi connectivity index (χ1) is 16.7. The molecule has 7 rings (SSSR count). The molecular weight excluding hydrogens is 418 g/mol. The number of rotatable bonds is 2. The van der Waals surface area contributed by atoms with E-state index in [0.29, 0.717) is 11.5 Å². The molecule has 0 aromatic heterocycles. The van der Waals surface area contributed by atoms with Gasteiger partial charge in [0, 0.05) is 11.6 Å². The summed E-state index contributed by atoms with van der Waals surface area (Å²) in [4.78, 5) is 11.8. The van der Waals surface area contributed by atoms with Crippen molar-refractivity contribution in [3.05, 3.63) is 125 Å². The maximum atomic E-state index is 11.8. The Hall–Kier alpha value is -4.11. The van der Waals surface area contributed by atoms with E-state index in [-0.39, 0.29) is 12.0 Å². The standard InChI is InChI=1S/C31H23NO2/c33-31(34)21-13-14-27-25(17-21)28-22-10-4-3-9-20(22)16-26(28)30(32-27)29-23-11-5-1-7-18(23)15-19-8-2-6-12-24(19)29/h1-15,17,26,28,30,32H,16H2,(H,33,34)/t26-,28+,30+/m1/s1. The first kappa shape index (κ1) is 19.4. The smallest absolute Gasteiger partial charge is 0.335 e. The summed E-state index contributed by atoms with van der Waals surface area (Å²) in [6.45, 7) is 0. The molecule has 3 atom stereocenters. The molecule has 0 radical (unpaired) electrons. The number of aromatic carboxylic acids is 1. The molecule has 0 unspecified atom stereocenters. The number of fused-ring (bicyclic) bond motifs is 7. The van der Waals surface area contributed by atoms with Gasteiger partial charge in [0.15, 0.2) is 0 Å². The van der Waals surface area contributed by atoms with E-state index in [1.165, 1.54) is 38.2 Å². The van der Waals surface area contributed by atoms with Gasteiger partial charge in [0.1, 0.15) is 0 Å². The molecule has 5 aromatic carbocycles. The zero-order valence-corrected chi connectivity index (χ0v) is 18.5.